The molecule has 0 aliphatic carbocycles. The number of hydrogen-bond acceptors (Lipinski definition) is 6. The molecule has 4 heterocycles. The number of nitrogens with zero attached hydrogens (tertiary/aromatic N) is 5. The number of benzene rings is 1. The van der Waals surface area contributed by atoms with E-state index in [4.69, 9.17) is 0 Å². The van der Waals surface area contributed by atoms with Crippen molar-refractivity contribution >= 4 is 22.6 Å². The molecule has 2 aromatic rings. The zero-order valence-corrected chi connectivity index (χ0v) is 16.5. The zero-order chi connectivity index (χ0) is 19.8. The van der Waals surface area contributed by atoms with Gasteiger partial charge in [-0.2, -0.15) is 0 Å². The van der Waals surface area contributed by atoms with E-state index in [1.165, 1.54) is 0 Å². The molecule has 154 valence electrons. The molecule has 5 rings (SSSR count). The van der Waals surface area contributed by atoms with Gasteiger partial charge in [0.15, 0.2) is 0 Å². The molecule has 0 spiro atoms. The summed E-state index contributed by atoms with van der Waals surface area (Å²) < 4.78 is 13.4. The van der Waals surface area contributed by atoms with Crippen molar-refractivity contribution in [3.63, 3.8) is 0 Å². The fraction of sp³-hybridized carbons (Fsp3) is 0.571. The summed E-state index contributed by atoms with van der Waals surface area (Å²) in [5, 5.41) is 4.46. The maximum absolute atomic E-state index is 13.4. The smallest absolute Gasteiger partial charge is 0.239 e. The first-order chi connectivity index (χ1) is 14.2. The number of nitrogens with one attached hydrogen (secondary N) is 1. The summed E-state index contributed by atoms with van der Waals surface area (Å²) in [4.78, 5) is 28.0. The molecule has 3 fully saturated rings. The largest absolute Gasteiger partial charge is 0.353 e. The van der Waals surface area contributed by atoms with Gasteiger partial charge in [0.2, 0.25) is 5.91 Å². The van der Waals surface area contributed by atoms with Gasteiger partial charge in [-0.3, -0.25) is 9.69 Å². The van der Waals surface area contributed by atoms with Crippen molar-refractivity contribution < 1.29 is 9.18 Å². The number of rotatable bonds is 3. The summed E-state index contributed by atoms with van der Waals surface area (Å²) in [6.45, 7) is 5.34. The Bertz CT molecular complexity index is 881. The number of alkyl halides is 1. The standard InChI is InChI=1S/C21H27FN6O/c22-15-5-6-28(13-15)21(29)19-11-16(12-23-19)26-7-9-27(10-8-26)20-17-3-1-2-4-18(17)24-14-25-20/h1-4,14-16,19,23H,5-13H2/t15?,16-,19-/m0/s1. The van der Waals surface area contributed by atoms with E-state index in [9.17, 15) is 9.18 Å². The third kappa shape index (κ3) is 3.67. The average molecular weight is 398 g/mol. The second kappa shape index (κ2) is 7.84. The number of fused-ring (bicyclic) bond motifs is 1. The Morgan fingerprint density at radius 1 is 1.10 bits per heavy atom. The van der Waals surface area contributed by atoms with E-state index in [0.717, 1.165) is 55.9 Å². The molecule has 1 aromatic heterocycles. The lowest BCUT2D eigenvalue weighted by Crippen LogP contribution is -2.51. The Morgan fingerprint density at radius 2 is 1.93 bits per heavy atom. The number of aromatic nitrogens is 2. The van der Waals surface area contributed by atoms with Crippen LogP contribution in [0.15, 0.2) is 30.6 Å². The Balaban J connectivity index is 1.19. The van der Waals surface area contributed by atoms with Crippen LogP contribution in [0, 0.1) is 0 Å². The number of amides is 1. The lowest BCUT2D eigenvalue weighted by Gasteiger charge is -2.38. The highest BCUT2D eigenvalue weighted by molar-refractivity contribution is 5.89. The van der Waals surface area contributed by atoms with Crippen molar-refractivity contribution in [2.24, 2.45) is 0 Å². The van der Waals surface area contributed by atoms with Gasteiger partial charge in [-0.15, -0.1) is 0 Å². The van der Waals surface area contributed by atoms with Crippen LogP contribution in [0.3, 0.4) is 0 Å². The quantitative estimate of drug-likeness (QED) is 0.834. The molecule has 0 bridgehead atoms. The highest BCUT2D eigenvalue weighted by atomic mass is 19.1. The molecule has 1 unspecified atom stereocenters. The second-order valence-corrected chi connectivity index (χ2v) is 8.26. The molecular formula is C21H27FN6O. The number of piperazine rings is 1. The van der Waals surface area contributed by atoms with E-state index in [1.807, 2.05) is 18.2 Å². The van der Waals surface area contributed by atoms with E-state index in [0.29, 0.717) is 19.0 Å². The number of carbonyl (C=O) groups is 1. The molecule has 3 atom stereocenters. The maximum atomic E-state index is 13.4. The second-order valence-electron chi connectivity index (χ2n) is 8.26. The summed E-state index contributed by atoms with van der Waals surface area (Å²) in [5.74, 6) is 1.07. The fourth-order valence-electron chi connectivity index (χ4n) is 4.86. The first-order valence-corrected chi connectivity index (χ1v) is 10.5. The van der Waals surface area contributed by atoms with Gasteiger partial charge in [-0.05, 0) is 25.0 Å². The monoisotopic (exact) mass is 398 g/mol. The van der Waals surface area contributed by atoms with Gasteiger partial charge in [0.1, 0.15) is 18.3 Å². The van der Waals surface area contributed by atoms with Gasteiger partial charge in [-0.25, -0.2) is 14.4 Å². The van der Waals surface area contributed by atoms with Crippen molar-refractivity contribution in [3.05, 3.63) is 30.6 Å². The molecule has 1 aromatic carbocycles. The first-order valence-electron chi connectivity index (χ1n) is 10.5. The normalized spacial score (nSPS) is 28.4. The topological polar surface area (TPSA) is 64.6 Å². The van der Waals surface area contributed by atoms with Gasteiger partial charge in [0, 0.05) is 50.7 Å². The molecule has 3 aliphatic heterocycles. The summed E-state index contributed by atoms with van der Waals surface area (Å²) in [5.41, 5.74) is 0.971. The van der Waals surface area contributed by atoms with Crippen LogP contribution in [-0.2, 0) is 4.79 Å². The van der Waals surface area contributed by atoms with Crippen molar-refractivity contribution in [1.82, 2.24) is 25.1 Å². The average Bonchev–Trinajstić information content (AvgIpc) is 3.43. The lowest BCUT2D eigenvalue weighted by atomic mass is 10.1. The van der Waals surface area contributed by atoms with Crippen molar-refractivity contribution in [2.45, 2.75) is 31.1 Å². The Morgan fingerprint density at radius 3 is 2.72 bits per heavy atom. The molecule has 7 nitrogen and oxygen atoms in total. The minimum absolute atomic E-state index is 0.0683. The maximum Gasteiger partial charge on any atom is 0.239 e. The third-order valence-electron chi connectivity index (χ3n) is 6.50. The molecule has 29 heavy (non-hydrogen) atoms. The van der Waals surface area contributed by atoms with E-state index >= 15 is 0 Å². The van der Waals surface area contributed by atoms with Crippen LogP contribution < -0.4 is 10.2 Å². The molecule has 1 N–H and O–H groups in total. The van der Waals surface area contributed by atoms with Gasteiger partial charge in [-0.1, -0.05) is 12.1 Å². The van der Waals surface area contributed by atoms with Crippen LogP contribution in [-0.4, -0.2) is 89.7 Å². The molecular weight excluding hydrogens is 371 g/mol. The molecule has 1 amide bonds. The van der Waals surface area contributed by atoms with Gasteiger partial charge < -0.3 is 15.1 Å². The van der Waals surface area contributed by atoms with Crippen LogP contribution in [0.25, 0.3) is 10.9 Å². The molecule has 8 heteroatoms. The van der Waals surface area contributed by atoms with E-state index in [2.05, 4.69) is 31.2 Å². The third-order valence-corrected chi connectivity index (χ3v) is 6.50. The minimum atomic E-state index is -0.859. The SMILES string of the molecule is O=C([C@@H]1C[C@H](N2CCN(c3ncnc4ccccc34)CC2)CN1)N1CCC(F)C1. The predicted molar refractivity (Wildman–Crippen MR) is 110 cm³/mol. The highest BCUT2D eigenvalue weighted by Gasteiger charge is 2.38. The van der Waals surface area contributed by atoms with Crippen LogP contribution >= 0.6 is 0 Å². The summed E-state index contributed by atoms with van der Waals surface area (Å²) in [6.07, 6.45) is 2.06. The molecule has 0 radical (unpaired) electrons. The van der Waals surface area contributed by atoms with E-state index in [1.54, 1.807) is 11.2 Å². The fourth-order valence-corrected chi connectivity index (χ4v) is 4.86. The molecule has 3 saturated heterocycles. The number of halogens is 1. The Hall–Kier alpha value is -2.32. The number of carbonyl (C=O) groups excluding carboxylic acids is 1. The van der Waals surface area contributed by atoms with Crippen molar-refractivity contribution in [1.29, 1.82) is 0 Å². The van der Waals surface area contributed by atoms with Gasteiger partial charge in [0.25, 0.3) is 0 Å². The van der Waals surface area contributed by atoms with E-state index in [-0.39, 0.29) is 18.5 Å². The number of hydrogen-bond donors (Lipinski definition) is 1. The first kappa shape index (κ1) is 18.7. The van der Waals surface area contributed by atoms with Crippen LogP contribution in [0.4, 0.5) is 10.2 Å². The van der Waals surface area contributed by atoms with Gasteiger partial charge in [0.05, 0.1) is 18.1 Å². The van der Waals surface area contributed by atoms with Crippen LogP contribution in [0.2, 0.25) is 0 Å². The van der Waals surface area contributed by atoms with Crippen LogP contribution in [0.5, 0.6) is 0 Å². The Labute approximate surface area is 169 Å². The van der Waals surface area contributed by atoms with Gasteiger partial charge >= 0.3 is 0 Å². The summed E-state index contributed by atoms with van der Waals surface area (Å²) >= 11 is 0. The number of likely N-dealkylation sites (tertiary alicyclic amines) is 1. The predicted octanol–water partition coefficient (Wildman–Crippen LogP) is 1.05. The number of para-hydroxylation sites is 1. The molecule has 0 saturated carbocycles. The zero-order valence-electron chi connectivity index (χ0n) is 16.5. The van der Waals surface area contributed by atoms with E-state index < -0.39 is 6.17 Å². The van der Waals surface area contributed by atoms with Crippen molar-refractivity contribution in [3.8, 4) is 0 Å². The summed E-state index contributed by atoms with van der Waals surface area (Å²) in [7, 11) is 0. The number of anilines is 1. The minimum Gasteiger partial charge on any atom is -0.353 e. The highest BCUT2D eigenvalue weighted by Crippen LogP contribution is 2.25. The van der Waals surface area contributed by atoms with Crippen molar-refractivity contribution in [2.75, 3.05) is 50.7 Å². The lowest BCUT2D eigenvalue weighted by molar-refractivity contribution is -0.132. The molecule has 3 aliphatic rings. The Kier molecular flexibility index (Phi) is 5.05. The summed E-state index contributed by atoms with van der Waals surface area (Å²) in [6, 6.07) is 8.31. The van der Waals surface area contributed by atoms with Crippen LogP contribution in [0.1, 0.15) is 12.8 Å².